The van der Waals surface area contributed by atoms with Crippen LogP contribution in [0.25, 0.3) is 0 Å². The van der Waals surface area contributed by atoms with E-state index in [0.717, 1.165) is 5.01 Å². The van der Waals surface area contributed by atoms with E-state index in [9.17, 15) is 4.39 Å². The average molecular weight is 282 g/mol. The SMILES string of the molecule is Cc1c(F)cc(C#N)cc1NCc1ncc(Cl)s1. The highest BCUT2D eigenvalue weighted by Gasteiger charge is 2.08. The number of hydrogen-bond donors (Lipinski definition) is 1. The van der Waals surface area contributed by atoms with Gasteiger partial charge < -0.3 is 5.32 Å². The van der Waals surface area contributed by atoms with Gasteiger partial charge in [-0.3, -0.25) is 0 Å². The molecule has 1 N–H and O–H groups in total. The predicted octanol–water partition coefficient (Wildman–Crippen LogP) is 3.73. The molecule has 1 aromatic heterocycles. The molecular weight excluding hydrogens is 273 g/mol. The summed E-state index contributed by atoms with van der Waals surface area (Å²) in [5, 5.41) is 12.7. The summed E-state index contributed by atoms with van der Waals surface area (Å²) < 4.78 is 14.1. The summed E-state index contributed by atoms with van der Waals surface area (Å²) in [7, 11) is 0. The monoisotopic (exact) mass is 281 g/mol. The number of nitrogens with zero attached hydrogens (tertiary/aromatic N) is 2. The van der Waals surface area contributed by atoms with Crippen molar-refractivity contribution in [1.82, 2.24) is 4.98 Å². The maximum Gasteiger partial charge on any atom is 0.129 e. The molecule has 0 atom stereocenters. The van der Waals surface area contributed by atoms with Crippen LogP contribution in [0.15, 0.2) is 18.3 Å². The molecule has 1 heterocycles. The topological polar surface area (TPSA) is 48.7 Å². The average Bonchev–Trinajstić information content (AvgIpc) is 2.77. The molecule has 3 nitrogen and oxygen atoms in total. The Morgan fingerprint density at radius 2 is 2.33 bits per heavy atom. The van der Waals surface area contributed by atoms with Crippen molar-refractivity contribution in [3.63, 3.8) is 0 Å². The molecule has 2 rings (SSSR count). The number of hydrogen-bond acceptors (Lipinski definition) is 4. The maximum absolute atomic E-state index is 13.5. The third-order valence-electron chi connectivity index (χ3n) is 2.43. The fourth-order valence-electron chi connectivity index (χ4n) is 1.47. The van der Waals surface area contributed by atoms with E-state index < -0.39 is 5.82 Å². The molecule has 0 aliphatic heterocycles. The molecule has 0 bridgehead atoms. The summed E-state index contributed by atoms with van der Waals surface area (Å²) >= 11 is 7.13. The number of benzene rings is 1. The van der Waals surface area contributed by atoms with Gasteiger partial charge in [0.15, 0.2) is 0 Å². The van der Waals surface area contributed by atoms with Gasteiger partial charge in [0, 0.05) is 11.3 Å². The highest BCUT2D eigenvalue weighted by atomic mass is 35.5. The zero-order chi connectivity index (χ0) is 13.1. The lowest BCUT2D eigenvalue weighted by Crippen LogP contribution is -2.02. The lowest BCUT2D eigenvalue weighted by atomic mass is 10.1. The number of halogens is 2. The van der Waals surface area contributed by atoms with Gasteiger partial charge in [-0.1, -0.05) is 11.6 Å². The zero-order valence-corrected chi connectivity index (χ0v) is 11.1. The highest BCUT2D eigenvalue weighted by molar-refractivity contribution is 7.15. The molecule has 0 spiro atoms. The minimum Gasteiger partial charge on any atom is -0.378 e. The van der Waals surface area contributed by atoms with E-state index >= 15 is 0 Å². The van der Waals surface area contributed by atoms with Gasteiger partial charge in [-0.15, -0.1) is 11.3 Å². The van der Waals surface area contributed by atoms with E-state index in [-0.39, 0.29) is 5.56 Å². The van der Waals surface area contributed by atoms with Gasteiger partial charge in [0.25, 0.3) is 0 Å². The minimum absolute atomic E-state index is 0.290. The van der Waals surface area contributed by atoms with Gasteiger partial charge in [-0.25, -0.2) is 9.37 Å². The molecular formula is C12H9ClFN3S. The van der Waals surface area contributed by atoms with Crippen molar-refractivity contribution in [3.8, 4) is 6.07 Å². The summed E-state index contributed by atoms with van der Waals surface area (Å²) in [4.78, 5) is 4.09. The largest absolute Gasteiger partial charge is 0.378 e. The van der Waals surface area contributed by atoms with Crippen molar-refractivity contribution in [2.75, 3.05) is 5.32 Å². The van der Waals surface area contributed by atoms with E-state index in [4.69, 9.17) is 16.9 Å². The number of nitrogens with one attached hydrogen (secondary N) is 1. The summed E-state index contributed by atoms with van der Waals surface area (Å²) in [6.07, 6.45) is 1.57. The first kappa shape index (κ1) is 12.8. The minimum atomic E-state index is -0.395. The molecule has 92 valence electrons. The molecule has 0 aliphatic rings. The van der Waals surface area contributed by atoms with Crippen LogP contribution in [-0.2, 0) is 6.54 Å². The molecule has 0 amide bonds. The third-order valence-corrected chi connectivity index (χ3v) is 3.54. The van der Waals surface area contributed by atoms with Crippen LogP contribution in [0.5, 0.6) is 0 Å². The Morgan fingerprint density at radius 3 is 2.94 bits per heavy atom. The summed E-state index contributed by atoms with van der Waals surface area (Å²) in [5.41, 5.74) is 1.37. The molecule has 0 saturated heterocycles. The van der Waals surface area contributed by atoms with E-state index in [0.29, 0.717) is 22.1 Å². The van der Waals surface area contributed by atoms with Gasteiger partial charge in [0.1, 0.15) is 15.2 Å². The number of thiazole rings is 1. The Balaban J connectivity index is 2.19. The number of rotatable bonds is 3. The van der Waals surface area contributed by atoms with Gasteiger partial charge >= 0.3 is 0 Å². The van der Waals surface area contributed by atoms with Crippen LogP contribution in [-0.4, -0.2) is 4.98 Å². The first-order chi connectivity index (χ1) is 8.60. The summed E-state index contributed by atoms with van der Waals surface area (Å²) in [6, 6.07) is 4.77. The smallest absolute Gasteiger partial charge is 0.129 e. The van der Waals surface area contributed by atoms with Crippen molar-refractivity contribution < 1.29 is 4.39 Å². The summed E-state index contributed by atoms with van der Waals surface area (Å²) in [5.74, 6) is -0.395. The first-order valence-electron chi connectivity index (χ1n) is 5.14. The van der Waals surface area contributed by atoms with Crippen molar-refractivity contribution in [2.45, 2.75) is 13.5 Å². The number of anilines is 1. The first-order valence-corrected chi connectivity index (χ1v) is 6.34. The second-order valence-corrected chi connectivity index (χ2v) is 5.40. The Bertz CT molecular complexity index is 618. The van der Waals surface area contributed by atoms with Crippen molar-refractivity contribution >= 4 is 28.6 Å². The third kappa shape index (κ3) is 2.78. The van der Waals surface area contributed by atoms with Gasteiger partial charge in [-0.05, 0) is 19.1 Å². The van der Waals surface area contributed by atoms with Gasteiger partial charge in [0.05, 0.1) is 24.4 Å². The fraction of sp³-hybridized carbons (Fsp3) is 0.167. The van der Waals surface area contributed by atoms with Crippen LogP contribution >= 0.6 is 22.9 Å². The van der Waals surface area contributed by atoms with Crippen molar-refractivity contribution in [2.24, 2.45) is 0 Å². The molecule has 6 heteroatoms. The maximum atomic E-state index is 13.5. The van der Waals surface area contributed by atoms with Crippen LogP contribution in [0.2, 0.25) is 4.34 Å². The van der Waals surface area contributed by atoms with Crippen molar-refractivity contribution in [1.29, 1.82) is 5.26 Å². The molecule has 0 radical (unpaired) electrons. The molecule has 1 aromatic carbocycles. The second-order valence-electron chi connectivity index (χ2n) is 3.65. The highest BCUT2D eigenvalue weighted by Crippen LogP contribution is 2.23. The Hall–Kier alpha value is -1.64. The predicted molar refractivity (Wildman–Crippen MR) is 70.3 cm³/mol. The Labute approximate surface area is 113 Å². The van der Waals surface area contributed by atoms with Crippen LogP contribution in [0.3, 0.4) is 0 Å². The van der Waals surface area contributed by atoms with Crippen LogP contribution in [0.1, 0.15) is 16.1 Å². The molecule has 2 aromatic rings. The number of nitriles is 1. The molecule has 18 heavy (non-hydrogen) atoms. The van der Waals surface area contributed by atoms with Crippen LogP contribution < -0.4 is 5.32 Å². The summed E-state index contributed by atoms with van der Waals surface area (Å²) in [6.45, 7) is 2.11. The van der Waals surface area contributed by atoms with Crippen LogP contribution in [0.4, 0.5) is 10.1 Å². The van der Waals surface area contributed by atoms with E-state index in [2.05, 4.69) is 10.3 Å². The Morgan fingerprint density at radius 1 is 1.56 bits per heavy atom. The Kier molecular flexibility index (Phi) is 3.80. The fourth-order valence-corrected chi connectivity index (χ4v) is 2.36. The molecule has 0 fully saturated rings. The van der Waals surface area contributed by atoms with E-state index in [1.807, 2.05) is 6.07 Å². The molecule has 0 unspecified atom stereocenters. The normalized spacial score (nSPS) is 10.1. The van der Waals surface area contributed by atoms with E-state index in [1.54, 1.807) is 19.2 Å². The number of aromatic nitrogens is 1. The van der Waals surface area contributed by atoms with E-state index in [1.165, 1.54) is 17.4 Å². The molecule has 0 saturated carbocycles. The lowest BCUT2D eigenvalue weighted by Gasteiger charge is -2.09. The zero-order valence-electron chi connectivity index (χ0n) is 9.50. The quantitative estimate of drug-likeness (QED) is 0.932. The van der Waals surface area contributed by atoms with Crippen LogP contribution in [0, 0.1) is 24.1 Å². The second kappa shape index (κ2) is 5.34. The standard InChI is InChI=1S/C12H9ClFN3S/c1-7-9(14)2-8(4-15)3-10(7)16-6-12-17-5-11(13)18-12/h2-3,5,16H,6H2,1H3. The van der Waals surface area contributed by atoms with Gasteiger partial charge in [-0.2, -0.15) is 5.26 Å². The van der Waals surface area contributed by atoms with Crippen molar-refractivity contribution in [3.05, 3.63) is 44.6 Å². The van der Waals surface area contributed by atoms with Gasteiger partial charge in [0.2, 0.25) is 0 Å². The molecule has 0 aliphatic carbocycles. The lowest BCUT2D eigenvalue weighted by molar-refractivity contribution is 0.618.